The van der Waals surface area contributed by atoms with E-state index in [9.17, 15) is 9.59 Å². The van der Waals surface area contributed by atoms with E-state index in [2.05, 4.69) is 13.8 Å². The van der Waals surface area contributed by atoms with Crippen LogP contribution in [0, 0.1) is 11.8 Å². The van der Waals surface area contributed by atoms with Crippen molar-refractivity contribution in [2.24, 2.45) is 11.8 Å². The van der Waals surface area contributed by atoms with Crippen LogP contribution < -0.4 is 0 Å². The first-order valence-corrected chi connectivity index (χ1v) is 6.91. The number of carbonyl (C=O) groups is 2. The van der Waals surface area contributed by atoms with E-state index in [1.54, 1.807) is 11.8 Å². The molecule has 0 spiro atoms. The van der Waals surface area contributed by atoms with Crippen molar-refractivity contribution < 1.29 is 9.59 Å². The fourth-order valence-electron chi connectivity index (χ4n) is 1.33. The van der Waals surface area contributed by atoms with Gasteiger partial charge in [0.1, 0.15) is 11.6 Å². The SMILES string of the molecule is CC(C)SC(CC(=O)C(C)C)C(=O)C(C)C. The molecule has 0 saturated heterocycles. The van der Waals surface area contributed by atoms with Gasteiger partial charge in [-0.3, -0.25) is 9.59 Å². The Labute approximate surface area is 104 Å². The molecule has 0 aliphatic heterocycles. The molecular formula is C13H24O2S. The number of hydrogen-bond acceptors (Lipinski definition) is 3. The summed E-state index contributed by atoms with van der Waals surface area (Å²) in [4.78, 5) is 23.7. The monoisotopic (exact) mass is 244 g/mol. The second-order valence-electron chi connectivity index (χ2n) is 5.06. The van der Waals surface area contributed by atoms with Gasteiger partial charge in [-0.15, -0.1) is 11.8 Å². The van der Waals surface area contributed by atoms with Crippen molar-refractivity contribution in [2.45, 2.75) is 58.5 Å². The van der Waals surface area contributed by atoms with E-state index in [1.165, 1.54) is 0 Å². The fraction of sp³-hybridized carbons (Fsp3) is 0.846. The van der Waals surface area contributed by atoms with Crippen molar-refractivity contribution in [1.82, 2.24) is 0 Å². The molecule has 0 aliphatic carbocycles. The first kappa shape index (κ1) is 15.7. The summed E-state index contributed by atoms with van der Waals surface area (Å²) in [5, 5.41) is 0.225. The number of ketones is 2. The Kier molecular flexibility index (Phi) is 6.96. The van der Waals surface area contributed by atoms with Crippen LogP contribution in [-0.2, 0) is 9.59 Å². The summed E-state index contributed by atoms with van der Waals surface area (Å²) in [6, 6.07) is 0. The maximum atomic E-state index is 12.0. The molecule has 0 aromatic rings. The van der Waals surface area contributed by atoms with Gasteiger partial charge in [0, 0.05) is 18.3 Å². The maximum Gasteiger partial charge on any atom is 0.148 e. The molecule has 2 nitrogen and oxygen atoms in total. The van der Waals surface area contributed by atoms with E-state index < -0.39 is 0 Å². The molecule has 0 saturated carbocycles. The number of rotatable bonds is 7. The molecule has 0 rings (SSSR count). The number of carbonyl (C=O) groups excluding carboxylic acids is 2. The molecule has 0 aromatic heterocycles. The third-order valence-electron chi connectivity index (χ3n) is 2.35. The van der Waals surface area contributed by atoms with Gasteiger partial charge in [0.25, 0.3) is 0 Å². The Bertz CT molecular complexity index is 244. The zero-order chi connectivity index (χ0) is 12.9. The van der Waals surface area contributed by atoms with E-state index >= 15 is 0 Å². The molecule has 0 N–H and O–H groups in total. The Morgan fingerprint density at radius 3 is 1.75 bits per heavy atom. The molecule has 0 fully saturated rings. The predicted octanol–water partition coefficient (Wildman–Crippen LogP) is 3.34. The van der Waals surface area contributed by atoms with Gasteiger partial charge in [0.2, 0.25) is 0 Å². The first-order valence-electron chi connectivity index (χ1n) is 5.97. The first-order chi connectivity index (χ1) is 7.25. The molecule has 0 radical (unpaired) electrons. The van der Waals surface area contributed by atoms with Gasteiger partial charge in [-0.1, -0.05) is 41.5 Å². The van der Waals surface area contributed by atoms with Crippen molar-refractivity contribution in [1.29, 1.82) is 0 Å². The molecule has 0 amide bonds. The minimum Gasteiger partial charge on any atom is -0.299 e. The Morgan fingerprint density at radius 1 is 0.938 bits per heavy atom. The summed E-state index contributed by atoms with van der Waals surface area (Å²) >= 11 is 1.61. The average molecular weight is 244 g/mol. The van der Waals surface area contributed by atoms with Gasteiger partial charge in [-0.2, -0.15) is 0 Å². The van der Waals surface area contributed by atoms with Crippen LogP contribution >= 0.6 is 11.8 Å². The van der Waals surface area contributed by atoms with Crippen LogP contribution in [0.4, 0.5) is 0 Å². The lowest BCUT2D eigenvalue weighted by Crippen LogP contribution is -2.28. The molecule has 0 bridgehead atoms. The molecule has 16 heavy (non-hydrogen) atoms. The fourth-order valence-corrected chi connectivity index (χ4v) is 2.66. The van der Waals surface area contributed by atoms with Crippen LogP contribution in [-0.4, -0.2) is 22.1 Å². The third-order valence-corrected chi connectivity index (χ3v) is 3.63. The lowest BCUT2D eigenvalue weighted by atomic mass is 9.98. The lowest BCUT2D eigenvalue weighted by molar-refractivity contribution is -0.126. The number of hydrogen-bond donors (Lipinski definition) is 0. The molecule has 1 atom stereocenters. The molecule has 0 aliphatic rings. The summed E-state index contributed by atoms with van der Waals surface area (Å²) in [5.74, 6) is 0.422. The largest absolute Gasteiger partial charge is 0.299 e. The molecule has 1 unspecified atom stereocenters. The van der Waals surface area contributed by atoms with Crippen molar-refractivity contribution in [3.63, 3.8) is 0 Å². The van der Waals surface area contributed by atoms with Gasteiger partial charge in [0.15, 0.2) is 0 Å². The van der Waals surface area contributed by atoms with E-state index in [0.29, 0.717) is 11.7 Å². The highest BCUT2D eigenvalue weighted by Crippen LogP contribution is 2.25. The molecule has 3 heteroatoms. The van der Waals surface area contributed by atoms with Gasteiger partial charge in [0.05, 0.1) is 5.25 Å². The highest BCUT2D eigenvalue weighted by atomic mass is 32.2. The molecule has 94 valence electrons. The standard InChI is InChI=1S/C13H24O2S/c1-8(2)11(14)7-12(16-10(5)6)13(15)9(3)4/h8-10,12H,7H2,1-6H3. The van der Waals surface area contributed by atoms with Crippen molar-refractivity contribution in [3.8, 4) is 0 Å². The topological polar surface area (TPSA) is 34.1 Å². The average Bonchev–Trinajstić information content (AvgIpc) is 2.14. The Morgan fingerprint density at radius 2 is 1.44 bits per heavy atom. The van der Waals surface area contributed by atoms with Gasteiger partial charge >= 0.3 is 0 Å². The minimum atomic E-state index is -0.158. The second kappa shape index (κ2) is 7.10. The second-order valence-corrected chi connectivity index (χ2v) is 6.84. The van der Waals surface area contributed by atoms with Crippen LogP contribution in [0.25, 0.3) is 0 Å². The van der Waals surface area contributed by atoms with Crippen LogP contribution in [0.15, 0.2) is 0 Å². The summed E-state index contributed by atoms with van der Waals surface area (Å²) in [6.45, 7) is 11.7. The van der Waals surface area contributed by atoms with E-state index in [0.717, 1.165) is 0 Å². The van der Waals surface area contributed by atoms with Crippen LogP contribution in [0.3, 0.4) is 0 Å². The van der Waals surface area contributed by atoms with Crippen LogP contribution in [0.2, 0.25) is 0 Å². The van der Waals surface area contributed by atoms with Crippen molar-refractivity contribution >= 4 is 23.3 Å². The number of thioether (sulfide) groups is 1. The third kappa shape index (κ3) is 5.69. The maximum absolute atomic E-state index is 12.0. The van der Waals surface area contributed by atoms with E-state index in [-0.39, 0.29) is 28.7 Å². The molecule has 0 aromatic carbocycles. The van der Waals surface area contributed by atoms with Crippen molar-refractivity contribution in [2.75, 3.05) is 0 Å². The normalized spacial score (nSPS) is 13.6. The Balaban J connectivity index is 4.55. The highest BCUT2D eigenvalue weighted by molar-refractivity contribution is 8.01. The summed E-state index contributed by atoms with van der Waals surface area (Å²) < 4.78 is 0. The summed E-state index contributed by atoms with van der Waals surface area (Å²) in [5.41, 5.74) is 0. The lowest BCUT2D eigenvalue weighted by Gasteiger charge is -2.19. The smallest absolute Gasteiger partial charge is 0.148 e. The summed E-state index contributed by atoms with van der Waals surface area (Å²) in [7, 11) is 0. The quantitative estimate of drug-likeness (QED) is 0.689. The Hall–Kier alpha value is -0.310. The van der Waals surface area contributed by atoms with E-state index in [4.69, 9.17) is 0 Å². The van der Waals surface area contributed by atoms with Gasteiger partial charge in [-0.25, -0.2) is 0 Å². The van der Waals surface area contributed by atoms with Crippen molar-refractivity contribution in [3.05, 3.63) is 0 Å². The van der Waals surface area contributed by atoms with Gasteiger partial charge in [-0.05, 0) is 5.25 Å². The zero-order valence-corrected chi connectivity index (χ0v) is 12.1. The highest BCUT2D eigenvalue weighted by Gasteiger charge is 2.26. The van der Waals surface area contributed by atoms with Crippen LogP contribution in [0.5, 0.6) is 0 Å². The predicted molar refractivity (Wildman–Crippen MR) is 70.8 cm³/mol. The summed E-state index contributed by atoms with van der Waals surface area (Å²) in [6.07, 6.45) is 0.386. The molecule has 0 heterocycles. The minimum absolute atomic E-state index is 0.0104. The zero-order valence-electron chi connectivity index (χ0n) is 11.2. The van der Waals surface area contributed by atoms with Crippen LogP contribution in [0.1, 0.15) is 48.0 Å². The number of Topliss-reactive ketones (excluding diaryl/α,β-unsaturated/α-hetero) is 2. The molecular weight excluding hydrogens is 220 g/mol. The van der Waals surface area contributed by atoms with Gasteiger partial charge < -0.3 is 0 Å². The van der Waals surface area contributed by atoms with E-state index in [1.807, 2.05) is 27.7 Å².